The zero-order valence-electron chi connectivity index (χ0n) is 8.90. The van der Waals surface area contributed by atoms with Gasteiger partial charge in [-0.25, -0.2) is 0 Å². The highest BCUT2D eigenvalue weighted by molar-refractivity contribution is 9.10. The first kappa shape index (κ1) is 10.5. The smallest absolute Gasteiger partial charge is 0.128 e. The van der Waals surface area contributed by atoms with Crippen molar-refractivity contribution in [1.82, 2.24) is 15.1 Å². The van der Waals surface area contributed by atoms with Crippen LogP contribution in [0.5, 0.6) is 0 Å². The first-order valence-corrected chi connectivity index (χ1v) is 6.92. The summed E-state index contributed by atoms with van der Waals surface area (Å²) in [4.78, 5) is 1.43. The molecule has 0 fully saturated rings. The van der Waals surface area contributed by atoms with Crippen molar-refractivity contribution < 1.29 is 0 Å². The zero-order valence-corrected chi connectivity index (χ0v) is 11.3. The van der Waals surface area contributed by atoms with Crippen molar-refractivity contribution in [3.63, 3.8) is 0 Å². The average Bonchev–Trinajstić information content (AvgIpc) is 2.84. The van der Waals surface area contributed by atoms with Crippen molar-refractivity contribution in [3.8, 4) is 0 Å². The number of hydrogen-bond donors (Lipinski definition) is 1. The van der Waals surface area contributed by atoms with E-state index in [0.29, 0.717) is 6.04 Å². The van der Waals surface area contributed by atoms with E-state index in [-0.39, 0.29) is 0 Å². The molecular formula is C11H12BrN3S. The van der Waals surface area contributed by atoms with Crippen molar-refractivity contribution in [3.05, 3.63) is 38.3 Å². The van der Waals surface area contributed by atoms with E-state index in [1.54, 1.807) is 0 Å². The van der Waals surface area contributed by atoms with E-state index in [1.807, 2.05) is 23.1 Å². The Balaban J connectivity index is 2.07. The quantitative estimate of drug-likeness (QED) is 0.876. The lowest BCUT2D eigenvalue weighted by Crippen LogP contribution is -2.30. The average molecular weight is 298 g/mol. The summed E-state index contributed by atoms with van der Waals surface area (Å²) >= 11 is 5.25. The molecule has 1 aliphatic heterocycles. The van der Waals surface area contributed by atoms with Gasteiger partial charge in [0.15, 0.2) is 0 Å². The fourth-order valence-corrected chi connectivity index (χ4v) is 3.72. The highest BCUT2D eigenvalue weighted by Crippen LogP contribution is 2.33. The number of aromatic nitrogens is 2. The molecule has 1 aliphatic rings. The third kappa shape index (κ3) is 1.63. The molecule has 16 heavy (non-hydrogen) atoms. The van der Waals surface area contributed by atoms with Crippen LogP contribution in [0.1, 0.15) is 22.2 Å². The molecule has 0 radical (unpaired) electrons. The van der Waals surface area contributed by atoms with Crippen LogP contribution < -0.4 is 5.32 Å². The minimum Gasteiger partial charge on any atom is -0.304 e. The lowest BCUT2D eigenvalue weighted by Gasteiger charge is -2.24. The summed E-state index contributed by atoms with van der Waals surface area (Å²) in [5.74, 6) is 0. The highest BCUT2D eigenvalue weighted by atomic mass is 79.9. The molecule has 0 bridgehead atoms. The molecule has 0 saturated heterocycles. The Morgan fingerprint density at radius 1 is 1.62 bits per heavy atom. The SMILES string of the molecule is Cn1nc(Br)cc1C1NCCc2ccsc21. The van der Waals surface area contributed by atoms with Gasteiger partial charge in [0.1, 0.15) is 4.60 Å². The molecule has 0 aliphatic carbocycles. The molecular weight excluding hydrogens is 286 g/mol. The first-order chi connectivity index (χ1) is 7.75. The Morgan fingerprint density at radius 3 is 3.25 bits per heavy atom. The molecule has 3 rings (SSSR count). The lowest BCUT2D eigenvalue weighted by atomic mass is 10.0. The summed E-state index contributed by atoms with van der Waals surface area (Å²) in [6, 6.07) is 4.62. The Hall–Kier alpha value is -0.650. The fourth-order valence-electron chi connectivity index (χ4n) is 2.21. The van der Waals surface area contributed by atoms with Gasteiger partial charge in [-0.3, -0.25) is 4.68 Å². The number of hydrogen-bond acceptors (Lipinski definition) is 3. The number of rotatable bonds is 1. The van der Waals surface area contributed by atoms with Crippen LogP contribution in [0.3, 0.4) is 0 Å². The molecule has 1 unspecified atom stereocenters. The van der Waals surface area contributed by atoms with Crippen LogP contribution in [-0.2, 0) is 13.5 Å². The van der Waals surface area contributed by atoms with Gasteiger partial charge in [-0.15, -0.1) is 11.3 Å². The van der Waals surface area contributed by atoms with Crippen LogP contribution >= 0.6 is 27.3 Å². The minimum atomic E-state index is 0.299. The van der Waals surface area contributed by atoms with Crippen molar-refractivity contribution in [2.45, 2.75) is 12.5 Å². The van der Waals surface area contributed by atoms with E-state index in [0.717, 1.165) is 17.6 Å². The third-order valence-corrected chi connectivity index (χ3v) is 4.38. The van der Waals surface area contributed by atoms with Gasteiger partial charge in [0, 0.05) is 18.5 Å². The highest BCUT2D eigenvalue weighted by Gasteiger charge is 2.25. The summed E-state index contributed by atoms with van der Waals surface area (Å²) in [6.07, 6.45) is 1.13. The van der Waals surface area contributed by atoms with Gasteiger partial charge in [-0.2, -0.15) is 5.10 Å². The van der Waals surface area contributed by atoms with Crippen LogP contribution in [0.2, 0.25) is 0 Å². The standard InChI is InChI=1S/C11H12BrN3S/c1-15-8(6-9(12)14-15)10-11-7(2-4-13-10)3-5-16-11/h3,5-6,10,13H,2,4H2,1H3. The molecule has 0 spiro atoms. The lowest BCUT2D eigenvalue weighted by molar-refractivity contribution is 0.538. The van der Waals surface area contributed by atoms with Gasteiger partial charge >= 0.3 is 0 Å². The maximum absolute atomic E-state index is 4.34. The monoisotopic (exact) mass is 297 g/mol. The predicted molar refractivity (Wildman–Crippen MR) is 68.8 cm³/mol. The van der Waals surface area contributed by atoms with Gasteiger partial charge in [-0.1, -0.05) is 0 Å². The Bertz CT molecular complexity index is 517. The van der Waals surface area contributed by atoms with Crippen LogP contribution in [0.15, 0.2) is 22.1 Å². The predicted octanol–water partition coefficient (Wildman–Crippen LogP) is 2.48. The molecule has 5 heteroatoms. The van der Waals surface area contributed by atoms with Gasteiger partial charge in [-0.05, 0) is 45.4 Å². The molecule has 1 N–H and O–H groups in total. The molecule has 3 heterocycles. The summed E-state index contributed by atoms with van der Waals surface area (Å²) < 4.78 is 2.84. The van der Waals surface area contributed by atoms with Crippen molar-refractivity contribution >= 4 is 27.3 Å². The molecule has 84 valence electrons. The van der Waals surface area contributed by atoms with E-state index in [2.05, 4.69) is 43.9 Å². The Morgan fingerprint density at radius 2 is 2.50 bits per heavy atom. The van der Waals surface area contributed by atoms with Crippen LogP contribution in [0.4, 0.5) is 0 Å². The van der Waals surface area contributed by atoms with E-state index in [9.17, 15) is 0 Å². The zero-order chi connectivity index (χ0) is 11.1. The number of nitrogens with zero attached hydrogens (tertiary/aromatic N) is 2. The van der Waals surface area contributed by atoms with Gasteiger partial charge in [0.05, 0.1) is 11.7 Å². The summed E-state index contributed by atoms with van der Waals surface area (Å²) in [7, 11) is 1.99. The second-order valence-electron chi connectivity index (χ2n) is 3.96. The number of halogens is 1. The first-order valence-electron chi connectivity index (χ1n) is 5.25. The molecule has 1 atom stereocenters. The number of aryl methyl sites for hydroxylation is 1. The van der Waals surface area contributed by atoms with E-state index >= 15 is 0 Å². The summed E-state index contributed by atoms with van der Waals surface area (Å²) in [6.45, 7) is 1.04. The molecule has 0 amide bonds. The number of fused-ring (bicyclic) bond motifs is 1. The topological polar surface area (TPSA) is 29.9 Å². The summed E-state index contributed by atoms with van der Waals surface area (Å²) in [5, 5.41) is 10.1. The van der Waals surface area contributed by atoms with Crippen LogP contribution in [-0.4, -0.2) is 16.3 Å². The van der Waals surface area contributed by atoms with Gasteiger partial charge in [0.25, 0.3) is 0 Å². The van der Waals surface area contributed by atoms with Crippen molar-refractivity contribution in [1.29, 1.82) is 0 Å². The molecule has 2 aromatic rings. The fraction of sp³-hybridized carbons (Fsp3) is 0.364. The number of nitrogens with one attached hydrogen (secondary N) is 1. The molecule has 2 aromatic heterocycles. The van der Waals surface area contributed by atoms with Crippen molar-refractivity contribution in [2.75, 3.05) is 6.54 Å². The normalized spacial score (nSPS) is 19.8. The van der Waals surface area contributed by atoms with E-state index in [1.165, 1.54) is 16.1 Å². The molecule has 3 nitrogen and oxygen atoms in total. The Kier molecular flexibility index (Phi) is 2.61. The molecule has 0 saturated carbocycles. The van der Waals surface area contributed by atoms with Crippen molar-refractivity contribution in [2.24, 2.45) is 7.05 Å². The molecule has 0 aromatic carbocycles. The van der Waals surface area contributed by atoms with Crippen LogP contribution in [0.25, 0.3) is 0 Å². The maximum Gasteiger partial charge on any atom is 0.128 e. The van der Waals surface area contributed by atoms with E-state index in [4.69, 9.17) is 0 Å². The van der Waals surface area contributed by atoms with Crippen LogP contribution in [0, 0.1) is 0 Å². The number of thiophene rings is 1. The minimum absolute atomic E-state index is 0.299. The maximum atomic E-state index is 4.34. The van der Waals surface area contributed by atoms with Gasteiger partial charge < -0.3 is 5.32 Å². The summed E-state index contributed by atoms with van der Waals surface area (Å²) in [5.41, 5.74) is 2.70. The van der Waals surface area contributed by atoms with Gasteiger partial charge in [0.2, 0.25) is 0 Å². The third-order valence-electron chi connectivity index (χ3n) is 2.97. The second-order valence-corrected chi connectivity index (χ2v) is 5.72. The second kappa shape index (κ2) is 3.98. The largest absolute Gasteiger partial charge is 0.304 e. The Labute approximate surface area is 107 Å². The van der Waals surface area contributed by atoms with E-state index < -0.39 is 0 Å².